The Kier molecular flexibility index (Phi) is 14.9. The van der Waals surface area contributed by atoms with E-state index in [0.717, 1.165) is 0 Å². The number of rotatable bonds is 15. The van der Waals surface area contributed by atoms with Crippen molar-refractivity contribution in [2.45, 2.75) is 105 Å². The summed E-state index contributed by atoms with van der Waals surface area (Å²) in [6.45, 7) is 17.4. The Morgan fingerprint density at radius 3 is 1.71 bits per heavy atom. The molecule has 252 valence electrons. The number of nitro benzene ring substituents is 1. The minimum absolute atomic E-state index is 0.131. The lowest BCUT2D eigenvalue weighted by Gasteiger charge is -2.29. The summed E-state index contributed by atoms with van der Waals surface area (Å²) in [6.07, 6.45) is -0.573. The van der Waals surface area contributed by atoms with Crippen LogP contribution in [0.3, 0.4) is 0 Å². The fourth-order valence-corrected chi connectivity index (χ4v) is 3.96. The smallest absolute Gasteiger partial charge is 0.407 e. The van der Waals surface area contributed by atoms with Crippen molar-refractivity contribution in [3.63, 3.8) is 0 Å². The lowest BCUT2D eigenvalue weighted by Crippen LogP contribution is -2.59. The van der Waals surface area contributed by atoms with Gasteiger partial charge in [-0.05, 0) is 65.5 Å². The van der Waals surface area contributed by atoms with Crippen LogP contribution in [-0.2, 0) is 23.9 Å². The van der Waals surface area contributed by atoms with E-state index >= 15 is 0 Å². The molecule has 45 heavy (non-hydrogen) atoms. The Hall–Kier alpha value is -4.27. The van der Waals surface area contributed by atoms with Gasteiger partial charge in [-0.15, -0.1) is 0 Å². The summed E-state index contributed by atoms with van der Waals surface area (Å²) in [6, 6.07) is 1.20. The van der Waals surface area contributed by atoms with Crippen LogP contribution < -0.4 is 31.9 Å². The number of carbonyl (C=O) groups is 5. The van der Waals surface area contributed by atoms with E-state index in [-0.39, 0.29) is 30.1 Å². The van der Waals surface area contributed by atoms with Gasteiger partial charge in [0.1, 0.15) is 23.7 Å². The molecule has 0 bridgehead atoms. The number of nitrogens with one attached hydrogen (secondary N) is 6. The van der Waals surface area contributed by atoms with E-state index in [2.05, 4.69) is 31.9 Å². The number of benzene rings is 1. The fraction of sp³-hybridized carbons (Fsp3) is 0.633. The molecule has 0 heterocycles. The average Bonchev–Trinajstić information content (AvgIpc) is 2.90. The number of ether oxygens (including phenoxy) is 1. The summed E-state index contributed by atoms with van der Waals surface area (Å²) >= 11 is 0. The first-order chi connectivity index (χ1) is 20.7. The van der Waals surface area contributed by atoms with Crippen LogP contribution in [0.5, 0.6) is 0 Å². The summed E-state index contributed by atoms with van der Waals surface area (Å²) < 4.78 is 5.26. The second-order valence-electron chi connectivity index (χ2n) is 12.7. The van der Waals surface area contributed by atoms with Gasteiger partial charge < -0.3 is 36.6 Å². The SMILES string of the molecule is CC(C)[C@H](NC[C@H](C)NC(=O)OC(C)(C)C)C(=O)N[C@H](C(=O)N[C@@H](C)C(=O)N[C@@H](C)C(=O)Nc1ccc([N+](=O)[O-])cc1)C(C)C. The number of alkyl carbamates (subject to hydrolysis) is 1. The molecule has 5 amide bonds. The van der Waals surface area contributed by atoms with Gasteiger partial charge in [0.2, 0.25) is 23.6 Å². The third-order valence-corrected chi connectivity index (χ3v) is 6.45. The molecule has 0 fully saturated rings. The minimum Gasteiger partial charge on any atom is -0.444 e. The van der Waals surface area contributed by atoms with Gasteiger partial charge >= 0.3 is 6.09 Å². The minimum atomic E-state index is -1.04. The van der Waals surface area contributed by atoms with Gasteiger partial charge in [0, 0.05) is 30.4 Å². The fourth-order valence-electron chi connectivity index (χ4n) is 3.96. The highest BCUT2D eigenvalue weighted by molar-refractivity contribution is 5.98. The molecule has 5 atom stereocenters. The van der Waals surface area contributed by atoms with Crippen molar-refractivity contribution < 1.29 is 33.6 Å². The number of carbonyl (C=O) groups excluding carboxylic acids is 5. The summed E-state index contributed by atoms with van der Waals surface area (Å²) in [5.74, 6) is -2.67. The van der Waals surface area contributed by atoms with E-state index in [1.54, 1.807) is 41.5 Å². The van der Waals surface area contributed by atoms with Crippen LogP contribution in [0.2, 0.25) is 0 Å². The maximum absolute atomic E-state index is 13.2. The van der Waals surface area contributed by atoms with E-state index in [0.29, 0.717) is 5.69 Å². The Morgan fingerprint density at radius 2 is 1.22 bits per heavy atom. The maximum atomic E-state index is 13.2. The topological polar surface area (TPSA) is 210 Å². The Balaban J connectivity index is 2.73. The van der Waals surface area contributed by atoms with Crippen LogP contribution in [0.4, 0.5) is 16.2 Å². The molecule has 0 aromatic heterocycles. The highest BCUT2D eigenvalue weighted by atomic mass is 16.6. The van der Waals surface area contributed by atoms with E-state index < -0.39 is 64.4 Å². The van der Waals surface area contributed by atoms with Crippen LogP contribution in [0.1, 0.15) is 69.2 Å². The zero-order valence-corrected chi connectivity index (χ0v) is 27.8. The number of anilines is 1. The molecule has 0 saturated carbocycles. The predicted molar refractivity (Wildman–Crippen MR) is 169 cm³/mol. The van der Waals surface area contributed by atoms with Crippen LogP contribution in [0.25, 0.3) is 0 Å². The lowest BCUT2D eigenvalue weighted by molar-refractivity contribution is -0.384. The molecule has 1 rings (SSSR count). The summed E-state index contributed by atoms with van der Waals surface area (Å²) in [5.41, 5.74) is -0.467. The van der Waals surface area contributed by atoms with Gasteiger partial charge in [-0.3, -0.25) is 29.3 Å². The van der Waals surface area contributed by atoms with Gasteiger partial charge in [-0.25, -0.2) is 4.79 Å². The molecule has 0 unspecified atom stereocenters. The predicted octanol–water partition coefficient (Wildman–Crippen LogP) is 2.21. The largest absolute Gasteiger partial charge is 0.444 e. The molecule has 1 aromatic rings. The summed E-state index contributed by atoms with van der Waals surface area (Å²) in [4.78, 5) is 74.0. The summed E-state index contributed by atoms with van der Waals surface area (Å²) in [7, 11) is 0. The van der Waals surface area contributed by atoms with E-state index in [1.165, 1.54) is 38.1 Å². The monoisotopic (exact) mass is 635 g/mol. The van der Waals surface area contributed by atoms with Gasteiger partial charge in [-0.1, -0.05) is 27.7 Å². The second-order valence-corrected chi connectivity index (χ2v) is 12.7. The molecule has 0 aliphatic heterocycles. The van der Waals surface area contributed by atoms with Crippen molar-refractivity contribution in [3.8, 4) is 0 Å². The molecule has 0 spiro atoms. The van der Waals surface area contributed by atoms with Gasteiger partial charge in [0.15, 0.2) is 0 Å². The summed E-state index contributed by atoms with van der Waals surface area (Å²) in [5, 5.41) is 27.1. The first-order valence-corrected chi connectivity index (χ1v) is 14.9. The van der Waals surface area contributed by atoms with Crippen molar-refractivity contribution in [2.24, 2.45) is 11.8 Å². The van der Waals surface area contributed by atoms with Crippen LogP contribution >= 0.6 is 0 Å². The zero-order valence-electron chi connectivity index (χ0n) is 27.8. The molecule has 15 nitrogen and oxygen atoms in total. The molecule has 0 aliphatic carbocycles. The Bertz CT molecular complexity index is 1200. The molecular formula is C30H49N7O8. The van der Waals surface area contributed by atoms with E-state index in [4.69, 9.17) is 4.74 Å². The Labute approximate surface area is 264 Å². The molecule has 0 aliphatic rings. The number of non-ortho nitro benzene ring substituents is 1. The van der Waals surface area contributed by atoms with Crippen molar-refractivity contribution in [1.29, 1.82) is 0 Å². The number of hydrogen-bond acceptors (Lipinski definition) is 9. The average molecular weight is 636 g/mol. The van der Waals surface area contributed by atoms with Crippen molar-refractivity contribution in [1.82, 2.24) is 26.6 Å². The van der Waals surface area contributed by atoms with E-state index in [1.807, 2.05) is 13.8 Å². The first kappa shape index (κ1) is 38.8. The first-order valence-electron chi connectivity index (χ1n) is 14.9. The highest BCUT2D eigenvalue weighted by Crippen LogP contribution is 2.15. The van der Waals surface area contributed by atoms with Crippen molar-refractivity contribution in [3.05, 3.63) is 34.4 Å². The van der Waals surface area contributed by atoms with Crippen LogP contribution in [0, 0.1) is 22.0 Å². The van der Waals surface area contributed by atoms with Gasteiger partial charge in [-0.2, -0.15) is 0 Å². The Morgan fingerprint density at radius 1 is 0.733 bits per heavy atom. The van der Waals surface area contributed by atoms with Crippen LogP contribution in [-0.4, -0.2) is 77.0 Å². The number of amides is 5. The van der Waals surface area contributed by atoms with Crippen LogP contribution in [0.15, 0.2) is 24.3 Å². The third kappa shape index (κ3) is 13.9. The van der Waals surface area contributed by atoms with E-state index in [9.17, 15) is 34.1 Å². The van der Waals surface area contributed by atoms with Gasteiger partial charge in [0.25, 0.3) is 5.69 Å². The molecule has 0 saturated heterocycles. The van der Waals surface area contributed by atoms with Crippen molar-refractivity contribution >= 4 is 41.1 Å². The molecular weight excluding hydrogens is 586 g/mol. The third-order valence-electron chi connectivity index (χ3n) is 6.45. The quantitative estimate of drug-likeness (QED) is 0.123. The number of nitrogens with zero attached hydrogens (tertiary/aromatic N) is 1. The van der Waals surface area contributed by atoms with Gasteiger partial charge in [0.05, 0.1) is 11.0 Å². The number of hydrogen-bond donors (Lipinski definition) is 6. The second kappa shape index (κ2) is 17.3. The lowest BCUT2D eigenvalue weighted by atomic mass is 9.99. The normalized spacial score (nSPS) is 14.8. The zero-order chi connectivity index (χ0) is 34.6. The molecule has 0 radical (unpaired) electrons. The van der Waals surface area contributed by atoms with Crippen molar-refractivity contribution in [2.75, 3.05) is 11.9 Å². The standard InChI is InChI=1S/C30H49N7O8/c1-16(2)23(31-15-18(5)32-29(42)45-30(8,9)10)27(40)36-24(17(3)4)28(41)34-19(6)25(38)33-20(7)26(39)35-21-11-13-22(14-12-21)37(43)44/h11-14,16-20,23-24,31H,15H2,1-10H3,(H,32,42)(H,33,38)(H,34,41)(H,35,39)(H,36,40)/t18-,19-,20-,23-,24-/m0/s1. The highest BCUT2D eigenvalue weighted by Gasteiger charge is 2.31. The number of nitro groups is 1. The maximum Gasteiger partial charge on any atom is 0.407 e. The molecule has 15 heteroatoms. The molecule has 6 N–H and O–H groups in total. The molecule has 1 aromatic carbocycles.